The SMILES string of the molecule is CCC(=O)C(C)N(C)c1ccc(C)cc1C. The van der Waals surface area contributed by atoms with Crippen molar-refractivity contribution < 1.29 is 4.79 Å². The normalized spacial score (nSPS) is 12.3. The van der Waals surface area contributed by atoms with Gasteiger partial charge in [-0.3, -0.25) is 4.79 Å². The summed E-state index contributed by atoms with van der Waals surface area (Å²) >= 11 is 0. The third kappa shape index (κ3) is 2.63. The first-order chi connectivity index (χ1) is 7.47. The molecule has 1 rings (SSSR count). The predicted octanol–water partition coefficient (Wildman–Crippen LogP) is 3.11. The molecule has 0 bridgehead atoms. The molecule has 2 nitrogen and oxygen atoms in total. The van der Waals surface area contributed by atoms with Crippen LogP contribution in [0.5, 0.6) is 0 Å². The van der Waals surface area contributed by atoms with Gasteiger partial charge < -0.3 is 4.90 Å². The zero-order valence-corrected chi connectivity index (χ0v) is 10.9. The van der Waals surface area contributed by atoms with E-state index in [-0.39, 0.29) is 11.8 Å². The van der Waals surface area contributed by atoms with E-state index in [4.69, 9.17) is 0 Å². The fourth-order valence-corrected chi connectivity index (χ4v) is 1.92. The molecule has 0 radical (unpaired) electrons. The number of Topliss-reactive ketones (excluding diaryl/α,β-unsaturated/α-hetero) is 1. The summed E-state index contributed by atoms with van der Waals surface area (Å²) in [6.45, 7) is 8.04. The number of ketones is 1. The Morgan fingerprint density at radius 2 is 2.00 bits per heavy atom. The minimum atomic E-state index is -0.0496. The van der Waals surface area contributed by atoms with Gasteiger partial charge in [0.05, 0.1) is 6.04 Å². The Morgan fingerprint density at radius 3 is 2.50 bits per heavy atom. The van der Waals surface area contributed by atoms with Gasteiger partial charge in [-0.2, -0.15) is 0 Å². The number of carbonyl (C=O) groups is 1. The molecule has 0 saturated heterocycles. The second kappa shape index (κ2) is 5.15. The van der Waals surface area contributed by atoms with Crippen molar-refractivity contribution in [1.29, 1.82) is 0 Å². The Hall–Kier alpha value is -1.31. The van der Waals surface area contributed by atoms with E-state index in [1.165, 1.54) is 11.1 Å². The highest BCUT2D eigenvalue weighted by atomic mass is 16.1. The van der Waals surface area contributed by atoms with Crippen LogP contribution in [0.1, 0.15) is 31.4 Å². The van der Waals surface area contributed by atoms with Crippen LogP contribution < -0.4 is 4.90 Å². The van der Waals surface area contributed by atoms with Crippen LogP contribution in [0.2, 0.25) is 0 Å². The molecule has 0 aliphatic rings. The van der Waals surface area contributed by atoms with Crippen molar-refractivity contribution in [2.75, 3.05) is 11.9 Å². The lowest BCUT2D eigenvalue weighted by molar-refractivity contribution is -0.119. The smallest absolute Gasteiger partial charge is 0.154 e. The van der Waals surface area contributed by atoms with Gasteiger partial charge in [-0.1, -0.05) is 24.6 Å². The Bertz CT molecular complexity index is 384. The van der Waals surface area contributed by atoms with Gasteiger partial charge in [0.2, 0.25) is 0 Å². The number of hydrogen-bond donors (Lipinski definition) is 0. The lowest BCUT2D eigenvalue weighted by atomic mass is 10.1. The van der Waals surface area contributed by atoms with E-state index >= 15 is 0 Å². The van der Waals surface area contributed by atoms with Gasteiger partial charge in [0, 0.05) is 19.2 Å². The van der Waals surface area contributed by atoms with Crippen molar-refractivity contribution in [1.82, 2.24) is 0 Å². The average Bonchev–Trinajstić information content (AvgIpc) is 2.26. The fraction of sp³-hybridized carbons (Fsp3) is 0.500. The minimum Gasteiger partial charge on any atom is -0.365 e. The third-order valence-corrected chi connectivity index (χ3v) is 3.13. The van der Waals surface area contributed by atoms with E-state index in [0.29, 0.717) is 6.42 Å². The Morgan fingerprint density at radius 1 is 1.38 bits per heavy atom. The van der Waals surface area contributed by atoms with Crippen LogP contribution in [0.4, 0.5) is 5.69 Å². The van der Waals surface area contributed by atoms with Crippen molar-refractivity contribution in [3.05, 3.63) is 29.3 Å². The number of rotatable bonds is 4. The molecule has 0 fully saturated rings. The Balaban J connectivity index is 2.96. The first-order valence-corrected chi connectivity index (χ1v) is 5.80. The highest BCUT2D eigenvalue weighted by molar-refractivity contribution is 5.86. The van der Waals surface area contributed by atoms with E-state index in [1.807, 2.05) is 20.9 Å². The molecule has 2 heteroatoms. The number of nitrogens with zero attached hydrogens (tertiary/aromatic N) is 1. The molecule has 0 amide bonds. The van der Waals surface area contributed by atoms with E-state index in [2.05, 4.69) is 36.9 Å². The third-order valence-electron chi connectivity index (χ3n) is 3.13. The van der Waals surface area contributed by atoms with Crippen LogP contribution >= 0.6 is 0 Å². The molecule has 1 aromatic carbocycles. The highest BCUT2D eigenvalue weighted by Crippen LogP contribution is 2.22. The summed E-state index contributed by atoms with van der Waals surface area (Å²) < 4.78 is 0. The molecule has 16 heavy (non-hydrogen) atoms. The largest absolute Gasteiger partial charge is 0.365 e. The lowest BCUT2D eigenvalue weighted by Gasteiger charge is -2.27. The topological polar surface area (TPSA) is 20.3 Å². The van der Waals surface area contributed by atoms with Crippen molar-refractivity contribution in [3.8, 4) is 0 Å². The highest BCUT2D eigenvalue weighted by Gasteiger charge is 2.17. The molecule has 0 spiro atoms. The van der Waals surface area contributed by atoms with Crippen molar-refractivity contribution in [2.45, 2.75) is 40.2 Å². The van der Waals surface area contributed by atoms with Gasteiger partial charge in [-0.25, -0.2) is 0 Å². The van der Waals surface area contributed by atoms with E-state index in [1.54, 1.807) is 0 Å². The quantitative estimate of drug-likeness (QED) is 0.775. The number of benzene rings is 1. The first kappa shape index (κ1) is 12.8. The maximum atomic E-state index is 11.7. The molecule has 0 heterocycles. The van der Waals surface area contributed by atoms with Crippen molar-refractivity contribution in [3.63, 3.8) is 0 Å². The second-order valence-electron chi connectivity index (χ2n) is 4.40. The summed E-state index contributed by atoms with van der Waals surface area (Å²) in [6, 6.07) is 6.27. The number of likely N-dealkylation sites (N-methyl/N-ethyl adjacent to an activating group) is 1. The summed E-state index contributed by atoms with van der Waals surface area (Å²) in [7, 11) is 1.98. The first-order valence-electron chi connectivity index (χ1n) is 5.80. The van der Waals surface area contributed by atoms with Gasteiger partial charge >= 0.3 is 0 Å². The zero-order valence-electron chi connectivity index (χ0n) is 10.9. The van der Waals surface area contributed by atoms with Gasteiger partial charge in [0.15, 0.2) is 5.78 Å². The molecule has 88 valence electrons. The van der Waals surface area contributed by atoms with Crippen molar-refractivity contribution in [2.24, 2.45) is 0 Å². The molecule has 1 unspecified atom stereocenters. The van der Waals surface area contributed by atoms with Crippen LogP contribution in [-0.2, 0) is 4.79 Å². The summed E-state index contributed by atoms with van der Waals surface area (Å²) in [4.78, 5) is 13.7. The molecule has 0 aromatic heterocycles. The van der Waals surface area contributed by atoms with E-state index in [9.17, 15) is 4.79 Å². The monoisotopic (exact) mass is 219 g/mol. The average molecular weight is 219 g/mol. The van der Waals surface area contributed by atoms with E-state index < -0.39 is 0 Å². The number of carbonyl (C=O) groups excluding carboxylic acids is 1. The van der Waals surface area contributed by atoms with E-state index in [0.717, 1.165) is 5.69 Å². The van der Waals surface area contributed by atoms with Crippen LogP contribution in [0.15, 0.2) is 18.2 Å². The standard InChI is InChI=1S/C14H21NO/c1-6-14(16)12(4)15(5)13-8-7-10(2)9-11(13)3/h7-9,12H,6H2,1-5H3. The molecule has 0 aliphatic heterocycles. The van der Waals surface area contributed by atoms with Gasteiger partial charge in [0.1, 0.15) is 0 Å². The summed E-state index contributed by atoms with van der Waals surface area (Å²) in [6.07, 6.45) is 0.594. The number of aryl methyl sites for hydroxylation is 2. The van der Waals surface area contributed by atoms with Gasteiger partial charge in [-0.05, 0) is 32.4 Å². The minimum absolute atomic E-state index is 0.0496. The second-order valence-corrected chi connectivity index (χ2v) is 4.40. The predicted molar refractivity (Wildman–Crippen MR) is 69.1 cm³/mol. The Kier molecular flexibility index (Phi) is 4.11. The molecule has 0 saturated carbocycles. The van der Waals surface area contributed by atoms with Crippen LogP contribution in [0, 0.1) is 13.8 Å². The molecular weight excluding hydrogens is 198 g/mol. The van der Waals surface area contributed by atoms with Crippen molar-refractivity contribution >= 4 is 11.5 Å². The molecular formula is C14H21NO. The summed E-state index contributed by atoms with van der Waals surface area (Å²) in [5.41, 5.74) is 3.61. The van der Waals surface area contributed by atoms with Gasteiger partial charge in [-0.15, -0.1) is 0 Å². The number of hydrogen-bond acceptors (Lipinski definition) is 2. The lowest BCUT2D eigenvalue weighted by Crippen LogP contribution is -2.36. The van der Waals surface area contributed by atoms with Gasteiger partial charge in [0.25, 0.3) is 0 Å². The maximum absolute atomic E-state index is 11.7. The molecule has 0 aliphatic carbocycles. The number of anilines is 1. The zero-order chi connectivity index (χ0) is 12.3. The molecule has 0 N–H and O–H groups in total. The fourth-order valence-electron chi connectivity index (χ4n) is 1.92. The summed E-state index contributed by atoms with van der Waals surface area (Å²) in [5, 5.41) is 0. The van der Waals surface area contributed by atoms with Crippen LogP contribution in [0.3, 0.4) is 0 Å². The Labute approximate surface area is 98.3 Å². The molecule has 1 aromatic rings. The van der Waals surface area contributed by atoms with Crippen LogP contribution in [-0.4, -0.2) is 18.9 Å². The summed E-state index contributed by atoms with van der Waals surface area (Å²) in [5.74, 6) is 0.280. The van der Waals surface area contributed by atoms with Crippen LogP contribution in [0.25, 0.3) is 0 Å². The molecule has 1 atom stereocenters. The maximum Gasteiger partial charge on any atom is 0.154 e.